The molecule has 25 heavy (non-hydrogen) atoms. The fourth-order valence-corrected chi connectivity index (χ4v) is 2.66. The molecular weight excluding hydrogens is 319 g/mol. The van der Waals surface area contributed by atoms with Crippen LogP contribution in [0.2, 0.25) is 13.6 Å². The molecule has 0 saturated carbocycles. The van der Waals surface area contributed by atoms with Gasteiger partial charge in [-0.3, -0.25) is 4.79 Å². The van der Waals surface area contributed by atoms with Crippen LogP contribution in [0, 0.1) is 13.8 Å². The minimum absolute atomic E-state index is 0.00958. The van der Waals surface area contributed by atoms with Crippen LogP contribution in [0.3, 0.4) is 0 Å². The second kappa shape index (κ2) is 11.2. The maximum absolute atomic E-state index is 11.7. The van der Waals surface area contributed by atoms with Gasteiger partial charge in [-0.1, -0.05) is 18.2 Å². The zero-order chi connectivity index (χ0) is 18.8. The van der Waals surface area contributed by atoms with E-state index in [9.17, 15) is 14.5 Å². The van der Waals surface area contributed by atoms with E-state index in [1.54, 1.807) is 18.5 Å². The number of rotatable bonds is 6. The van der Waals surface area contributed by atoms with Gasteiger partial charge in [-0.05, 0) is 43.8 Å². The van der Waals surface area contributed by atoms with Crippen molar-refractivity contribution in [3.8, 4) is 0 Å². The fourth-order valence-electron chi connectivity index (χ4n) is 2.66. The average molecular weight is 344 g/mol. The van der Waals surface area contributed by atoms with Crippen LogP contribution < -0.4 is 0 Å². The average Bonchev–Trinajstić information content (AvgIpc) is 2.59. The summed E-state index contributed by atoms with van der Waals surface area (Å²) in [4.78, 5) is 21.7. The van der Waals surface area contributed by atoms with E-state index in [0.29, 0.717) is 26.0 Å². The predicted molar refractivity (Wildman–Crippen MR) is 98.5 cm³/mol. The maximum atomic E-state index is 11.7. The molecule has 6 nitrogen and oxygen atoms in total. The Bertz CT molecular complexity index is 571. The standard InChI is InChI=1S/C14H20BNO2.C2H5B2O3/c1-10-4-5-12(8-11(10)2)13-6-7-14(17)16(9-13)15(3)18;1-3-7-6-2-4-5/h4-5,8,13,18H,6-7,9H2,1-3H3;2H2,1H3/t13-;/m1./s1. The molecule has 1 aliphatic rings. The molecular formula is C16H25B3NO5. The van der Waals surface area contributed by atoms with Gasteiger partial charge in [-0.2, -0.15) is 0 Å². The summed E-state index contributed by atoms with van der Waals surface area (Å²) >= 11 is 0. The minimum atomic E-state index is -0.688. The first kappa shape index (κ1) is 21.6. The van der Waals surface area contributed by atoms with Crippen molar-refractivity contribution < 1.29 is 24.2 Å². The van der Waals surface area contributed by atoms with Crippen molar-refractivity contribution in [3.05, 3.63) is 34.9 Å². The number of hydrogen-bond acceptors (Lipinski definition) is 5. The van der Waals surface area contributed by atoms with Crippen molar-refractivity contribution in [2.75, 3.05) is 13.1 Å². The summed E-state index contributed by atoms with van der Waals surface area (Å²) < 4.78 is 9.46. The third-order valence-corrected chi connectivity index (χ3v) is 4.20. The van der Waals surface area contributed by atoms with Crippen molar-refractivity contribution in [1.82, 2.24) is 4.81 Å². The van der Waals surface area contributed by atoms with Crippen molar-refractivity contribution in [1.29, 1.82) is 0 Å². The molecule has 2 rings (SSSR count). The SMILES string of the molecule is CB(O)N1C[C@H](c2ccc(C)c(C)c2)CCC1=O.C[B]OOCB=O. The van der Waals surface area contributed by atoms with Gasteiger partial charge >= 0.3 is 49.4 Å². The van der Waals surface area contributed by atoms with Gasteiger partial charge in [-0.15, -0.1) is 0 Å². The summed E-state index contributed by atoms with van der Waals surface area (Å²) in [6.07, 6.45) is 1.41. The Morgan fingerprint density at radius 3 is 2.64 bits per heavy atom. The first-order valence-electron chi connectivity index (χ1n) is 8.45. The molecule has 0 aromatic heterocycles. The number of nitrogens with zero attached hydrogens (tertiary/aromatic N) is 1. The molecule has 0 bridgehead atoms. The monoisotopic (exact) mass is 344 g/mol. The molecule has 1 radical (unpaired) electrons. The number of hydrogen-bond donors (Lipinski definition) is 1. The first-order chi connectivity index (χ1) is 11.9. The van der Waals surface area contributed by atoms with Crippen LogP contribution in [0.4, 0.5) is 0 Å². The first-order valence-corrected chi connectivity index (χ1v) is 8.45. The Hall–Kier alpha value is -1.44. The van der Waals surface area contributed by atoms with Crippen molar-refractivity contribution in [2.45, 2.75) is 46.3 Å². The van der Waals surface area contributed by atoms with Crippen LogP contribution in [0.1, 0.15) is 35.4 Å². The van der Waals surface area contributed by atoms with E-state index in [2.05, 4.69) is 41.7 Å². The molecule has 1 amide bonds. The van der Waals surface area contributed by atoms with E-state index < -0.39 is 7.05 Å². The molecule has 1 atom stereocenters. The van der Waals surface area contributed by atoms with Crippen molar-refractivity contribution in [3.63, 3.8) is 0 Å². The number of carbonyl (C=O) groups is 1. The molecule has 133 valence electrons. The van der Waals surface area contributed by atoms with Crippen molar-refractivity contribution in [2.24, 2.45) is 0 Å². The molecule has 1 heterocycles. The number of piperidine rings is 1. The third kappa shape index (κ3) is 7.14. The normalized spacial score (nSPS) is 16.6. The van der Waals surface area contributed by atoms with E-state index in [1.165, 1.54) is 24.2 Å². The third-order valence-electron chi connectivity index (χ3n) is 4.20. The van der Waals surface area contributed by atoms with E-state index in [0.717, 1.165) is 6.42 Å². The van der Waals surface area contributed by atoms with Crippen molar-refractivity contribution >= 4 is 27.6 Å². The number of aryl methyl sites for hydroxylation is 2. The molecule has 1 aromatic carbocycles. The fraction of sp³-hybridized carbons (Fsp3) is 0.562. The van der Waals surface area contributed by atoms with Gasteiger partial charge in [0.05, 0.1) is 0 Å². The van der Waals surface area contributed by atoms with E-state index >= 15 is 0 Å². The van der Waals surface area contributed by atoms with Gasteiger partial charge in [-0.25, -0.2) is 0 Å². The van der Waals surface area contributed by atoms with E-state index in [1.807, 2.05) is 0 Å². The zero-order valence-corrected chi connectivity index (χ0v) is 15.4. The van der Waals surface area contributed by atoms with Crippen LogP contribution in [-0.2, 0) is 19.2 Å². The van der Waals surface area contributed by atoms with Gasteiger partial charge in [0.15, 0.2) is 0 Å². The summed E-state index contributed by atoms with van der Waals surface area (Å²) in [7, 11) is 1.28. The van der Waals surface area contributed by atoms with Gasteiger partial charge in [0.25, 0.3) is 0 Å². The second-order valence-electron chi connectivity index (χ2n) is 6.04. The summed E-state index contributed by atoms with van der Waals surface area (Å²) in [6.45, 7) is 8.14. The molecule has 1 aliphatic heterocycles. The van der Waals surface area contributed by atoms with Crippen LogP contribution in [0.25, 0.3) is 0 Å². The summed E-state index contributed by atoms with van der Waals surface area (Å²) in [5.74, 6) is 0.404. The topological polar surface area (TPSA) is 76.1 Å². The zero-order valence-electron chi connectivity index (χ0n) is 15.4. The Balaban J connectivity index is 0.000000381. The van der Waals surface area contributed by atoms with Crippen LogP contribution in [-0.4, -0.2) is 50.5 Å². The Kier molecular flexibility index (Phi) is 9.71. The van der Waals surface area contributed by atoms with E-state index in [4.69, 9.17) is 0 Å². The number of benzene rings is 1. The molecule has 0 aliphatic carbocycles. The van der Waals surface area contributed by atoms with Crippen LogP contribution in [0.15, 0.2) is 18.2 Å². The summed E-state index contributed by atoms with van der Waals surface area (Å²) in [5, 5.41) is 9.62. The molecule has 1 saturated heterocycles. The summed E-state index contributed by atoms with van der Waals surface area (Å²) in [5.41, 5.74) is 3.85. The quantitative estimate of drug-likeness (QED) is 0.368. The molecule has 1 N–H and O–H groups in total. The Labute approximate surface area is 151 Å². The molecule has 1 aromatic rings. The van der Waals surface area contributed by atoms with Crippen LogP contribution >= 0.6 is 0 Å². The Morgan fingerprint density at radius 2 is 2.08 bits per heavy atom. The predicted octanol–water partition coefficient (Wildman–Crippen LogP) is 1.73. The van der Waals surface area contributed by atoms with Gasteiger partial charge in [0, 0.05) is 18.9 Å². The van der Waals surface area contributed by atoms with Gasteiger partial charge < -0.3 is 9.83 Å². The summed E-state index contributed by atoms with van der Waals surface area (Å²) in [6, 6.07) is 6.48. The van der Waals surface area contributed by atoms with Gasteiger partial charge in [0.1, 0.15) is 0 Å². The number of amides is 1. The second-order valence-corrected chi connectivity index (χ2v) is 6.04. The molecule has 1 fully saturated rings. The van der Waals surface area contributed by atoms with Crippen LogP contribution in [0.5, 0.6) is 0 Å². The molecule has 0 spiro atoms. The van der Waals surface area contributed by atoms with Gasteiger partial charge in [0.2, 0.25) is 5.91 Å². The number of carbonyl (C=O) groups excluding carboxylic acids is 1. The van der Waals surface area contributed by atoms with E-state index in [-0.39, 0.29) is 12.4 Å². The molecule has 9 heteroatoms. The molecule has 0 unspecified atom stereocenters. The Morgan fingerprint density at radius 1 is 1.36 bits per heavy atom.